The minimum absolute atomic E-state index is 0.0737. The van der Waals surface area contributed by atoms with Gasteiger partial charge in [0.05, 0.1) is 16.9 Å². The first-order chi connectivity index (χ1) is 18.5. The zero-order chi connectivity index (χ0) is 28.2. The van der Waals surface area contributed by atoms with E-state index in [1.807, 2.05) is 18.9 Å². The van der Waals surface area contributed by atoms with Crippen molar-refractivity contribution in [1.29, 1.82) is 0 Å². The van der Waals surface area contributed by atoms with Crippen LogP contribution in [0.4, 0.5) is 30.2 Å². The van der Waals surface area contributed by atoms with E-state index >= 15 is 0 Å². The molecule has 12 heteroatoms. The van der Waals surface area contributed by atoms with Crippen LogP contribution in [-0.2, 0) is 6.18 Å². The summed E-state index contributed by atoms with van der Waals surface area (Å²) in [7, 11) is 3.67. The summed E-state index contributed by atoms with van der Waals surface area (Å²) in [6.45, 7) is 4.53. The quantitative estimate of drug-likeness (QED) is 0.390. The van der Waals surface area contributed by atoms with Crippen LogP contribution in [0.15, 0.2) is 61.3 Å². The summed E-state index contributed by atoms with van der Waals surface area (Å²) >= 11 is 0. The van der Waals surface area contributed by atoms with E-state index in [9.17, 15) is 18.0 Å². The summed E-state index contributed by atoms with van der Waals surface area (Å²) < 4.78 is 41.1. The summed E-state index contributed by atoms with van der Waals surface area (Å²) in [5.41, 5.74) is 11.7. The minimum atomic E-state index is -4.55. The number of nitrogens with zero attached hydrogens (tertiary/aromatic N) is 5. The van der Waals surface area contributed by atoms with Crippen molar-refractivity contribution >= 4 is 28.7 Å². The van der Waals surface area contributed by atoms with Crippen LogP contribution in [0.1, 0.15) is 27.0 Å². The monoisotopic (exact) mass is 540 g/mol. The standard InChI is InChI=1S/C27H31F3N8O/c1-18-4-5-19(10-25(18)38(32-2)16-24(31)20-14-33-17-34-15-20)26(39)35-22-11-21(27(28,29)30)12-23(13-22)37-8-6-36(3)7-9-37/h4-5,10-17,32H,6-9,31H2,1-3H3,(H,35,39)/b24-16-. The molecule has 3 aromatic rings. The highest BCUT2D eigenvalue weighted by atomic mass is 19.4. The summed E-state index contributed by atoms with van der Waals surface area (Å²) in [4.78, 5) is 25.2. The molecule has 2 heterocycles. The van der Waals surface area contributed by atoms with Crippen LogP contribution in [0, 0.1) is 6.92 Å². The van der Waals surface area contributed by atoms with Crippen molar-refractivity contribution in [1.82, 2.24) is 20.3 Å². The number of anilines is 3. The first kappa shape index (κ1) is 27.9. The Labute approximate surface area is 225 Å². The minimum Gasteiger partial charge on any atom is -0.397 e. The fourth-order valence-electron chi connectivity index (χ4n) is 4.22. The summed E-state index contributed by atoms with van der Waals surface area (Å²) in [5.74, 6) is -0.538. The van der Waals surface area contributed by atoms with E-state index in [1.54, 1.807) is 54.9 Å². The smallest absolute Gasteiger partial charge is 0.397 e. The summed E-state index contributed by atoms with van der Waals surface area (Å²) in [6, 6.07) is 8.68. The van der Waals surface area contributed by atoms with Crippen LogP contribution < -0.4 is 26.4 Å². The van der Waals surface area contributed by atoms with Crippen molar-refractivity contribution in [3.05, 3.63) is 83.6 Å². The van der Waals surface area contributed by atoms with Crippen LogP contribution in [0.2, 0.25) is 0 Å². The van der Waals surface area contributed by atoms with Gasteiger partial charge >= 0.3 is 6.18 Å². The molecule has 4 rings (SSSR count). The summed E-state index contributed by atoms with van der Waals surface area (Å²) in [5, 5.41) is 4.30. The Morgan fingerprint density at radius 1 is 1.05 bits per heavy atom. The molecule has 2 aromatic carbocycles. The number of rotatable bonds is 7. The maximum Gasteiger partial charge on any atom is 0.416 e. The number of amides is 1. The lowest BCUT2D eigenvalue weighted by Gasteiger charge is -2.34. The molecule has 0 aliphatic carbocycles. The van der Waals surface area contributed by atoms with Gasteiger partial charge in [-0.3, -0.25) is 9.80 Å². The largest absolute Gasteiger partial charge is 0.416 e. The molecule has 1 fully saturated rings. The second-order valence-corrected chi connectivity index (χ2v) is 9.32. The molecule has 1 aliphatic heterocycles. The van der Waals surface area contributed by atoms with Gasteiger partial charge in [-0.05, 0) is 49.9 Å². The predicted molar refractivity (Wildman–Crippen MR) is 146 cm³/mol. The van der Waals surface area contributed by atoms with E-state index in [2.05, 4.69) is 25.6 Å². The Balaban J connectivity index is 1.61. The molecule has 0 atom stereocenters. The number of hydrogen-bond acceptors (Lipinski definition) is 8. The molecule has 0 radical (unpaired) electrons. The Bertz CT molecular complexity index is 1340. The van der Waals surface area contributed by atoms with E-state index in [1.165, 1.54) is 6.33 Å². The number of halogens is 3. The van der Waals surface area contributed by atoms with Crippen molar-refractivity contribution in [2.75, 3.05) is 55.5 Å². The number of nitrogens with two attached hydrogens (primary N) is 1. The number of carbonyl (C=O) groups excluding carboxylic acids is 1. The van der Waals surface area contributed by atoms with Crippen LogP contribution in [0.25, 0.3) is 5.70 Å². The lowest BCUT2D eigenvalue weighted by molar-refractivity contribution is -0.137. The van der Waals surface area contributed by atoms with Crippen LogP contribution in [0.5, 0.6) is 0 Å². The molecule has 1 saturated heterocycles. The average molecular weight is 541 g/mol. The highest BCUT2D eigenvalue weighted by Gasteiger charge is 2.32. The molecule has 0 unspecified atom stereocenters. The molecule has 1 aliphatic rings. The average Bonchev–Trinajstić information content (AvgIpc) is 2.92. The number of hydrazine groups is 1. The normalized spacial score (nSPS) is 14.8. The van der Waals surface area contributed by atoms with Gasteiger partial charge < -0.3 is 20.9 Å². The van der Waals surface area contributed by atoms with Gasteiger partial charge in [0.2, 0.25) is 0 Å². The third-order valence-corrected chi connectivity index (χ3v) is 6.51. The number of benzene rings is 2. The Hall–Kier alpha value is -4.16. The fourth-order valence-corrected chi connectivity index (χ4v) is 4.22. The van der Waals surface area contributed by atoms with Gasteiger partial charge in [0.25, 0.3) is 5.91 Å². The van der Waals surface area contributed by atoms with E-state index in [0.29, 0.717) is 35.7 Å². The number of aryl methyl sites for hydroxylation is 1. The maximum absolute atomic E-state index is 13.7. The molecule has 1 aromatic heterocycles. The zero-order valence-corrected chi connectivity index (χ0v) is 22.0. The van der Waals surface area contributed by atoms with E-state index in [-0.39, 0.29) is 11.3 Å². The van der Waals surface area contributed by atoms with Gasteiger partial charge in [0.1, 0.15) is 6.33 Å². The molecule has 9 nitrogen and oxygen atoms in total. The number of likely N-dealkylation sites (N-methyl/N-ethyl adjacent to an activating group) is 1. The lowest BCUT2D eigenvalue weighted by Crippen LogP contribution is -2.44. The number of hydrogen-bond donors (Lipinski definition) is 3. The zero-order valence-electron chi connectivity index (χ0n) is 22.0. The van der Waals surface area contributed by atoms with Gasteiger partial charge in [-0.25, -0.2) is 15.4 Å². The molecule has 0 spiro atoms. The Morgan fingerprint density at radius 3 is 2.38 bits per heavy atom. The molecule has 0 bridgehead atoms. The molecule has 206 valence electrons. The van der Waals surface area contributed by atoms with Crippen molar-refractivity contribution in [3.8, 4) is 0 Å². The fraction of sp³-hybridized carbons (Fsp3) is 0.296. The van der Waals surface area contributed by atoms with E-state index in [0.717, 1.165) is 30.8 Å². The van der Waals surface area contributed by atoms with Crippen LogP contribution in [0.3, 0.4) is 0 Å². The van der Waals surface area contributed by atoms with Crippen LogP contribution >= 0.6 is 0 Å². The van der Waals surface area contributed by atoms with Gasteiger partial charge in [0.15, 0.2) is 0 Å². The van der Waals surface area contributed by atoms with Gasteiger partial charge in [0, 0.05) is 74.3 Å². The maximum atomic E-state index is 13.7. The molecule has 39 heavy (non-hydrogen) atoms. The molecule has 4 N–H and O–H groups in total. The third-order valence-electron chi connectivity index (χ3n) is 6.51. The molecule has 1 amide bonds. The van der Waals surface area contributed by atoms with Crippen LogP contribution in [-0.4, -0.2) is 61.0 Å². The van der Waals surface area contributed by atoms with Gasteiger partial charge in [-0.2, -0.15) is 13.2 Å². The predicted octanol–water partition coefficient (Wildman–Crippen LogP) is 3.71. The highest BCUT2D eigenvalue weighted by Crippen LogP contribution is 2.35. The number of nitrogens with one attached hydrogen (secondary N) is 2. The Morgan fingerprint density at radius 2 is 1.74 bits per heavy atom. The first-order valence-electron chi connectivity index (χ1n) is 12.3. The number of carbonyl (C=O) groups is 1. The second kappa shape index (κ2) is 11.7. The van der Waals surface area contributed by atoms with Crippen molar-refractivity contribution in [2.24, 2.45) is 5.73 Å². The number of aromatic nitrogens is 2. The lowest BCUT2D eigenvalue weighted by atomic mass is 10.1. The third kappa shape index (κ3) is 6.84. The van der Waals surface area contributed by atoms with Gasteiger partial charge in [-0.15, -0.1) is 0 Å². The highest BCUT2D eigenvalue weighted by molar-refractivity contribution is 6.05. The molecular weight excluding hydrogens is 509 g/mol. The summed E-state index contributed by atoms with van der Waals surface area (Å²) in [6.07, 6.45) is 1.64. The first-order valence-corrected chi connectivity index (χ1v) is 12.3. The van der Waals surface area contributed by atoms with Crippen molar-refractivity contribution < 1.29 is 18.0 Å². The SMILES string of the molecule is CNN(/C=C(\N)c1cncnc1)c1cc(C(=O)Nc2cc(N3CCN(C)CC3)cc(C(F)(F)F)c2)ccc1C. The Kier molecular flexibility index (Phi) is 8.36. The van der Waals surface area contributed by atoms with Crippen molar-refractivity contribution in [3.63, 3.8) is 0 Å². The second-order valence-electron chi connectivity index (χ2n) is 9.32. The number of alkyl halides is 3. The number of piperazine rings is 1. The topological polar surface area (TPSA) is 103 Å². The molecular formula is C27H31F3N8O. The molecule has 0 saturated carbocycles. The van der Waals surface area contributed by atoms with Gasteiger partial charge in [-0.1, -0.05) is 6.07 Å². The van der Waals surface area contributed by atoms with E-state index in [4.69, 9.17) is 5.73 Å². The van der Waals surface area contributed by atoms with E-state index < -0.39 is 17.6 Å². The van der Waals surface area contributed by atoms with Crippen molar-refractivity contribution in [2.45, 2.75) is 13.1 Å².